The van der Waals surface area contributed by atoms with Gasteiger partial charge in [-0.25, -0.2) is 0 Å². The van der Waals surface area contributed by atoms with Crippen LogP contribution in [0.15, 0.2) is 72.8 Å². The highest BCUT2D eigenvalue weighted by molar-refractivity contribution is 6.22. The van der Waals surface area contributed by atoms with Crippen LogP contribution in [0.2, 0.25) is 0 Å². The number of nitrogens with zero attached hydrogens (tertiary/aromatic N) is 1. The lowest BCUT2D eigenvalue weighted by Gasteiger charge is -2.15. The molecule has 4 amide bonds. The second-order valence-corrected chi connectivity index (χ2v) is 6.93. The quantitative estimate of drug-likeness (QED) is 0.585. The summed E-state index contributed by atoms with van der Waals surface area (Å²) in [6.45, 7) is 2.33. The molecular weight excluding hydrogens is 410 g/mol. The first-order valence-corrected chi connectivity index (χ1v) is 9.91. The van der Waals surface area contributed by atoms with Gasteiger partial charge in [0.25, 0.3) is 23.6 Å². The molecule has 8 heteroatoms. The Morgan fingerprint density at radius 2 is 1.44 bits per heavy atom. The predicted octanol–water partition coefficient (Wildman–Crippen LogP) is 3.28. The molecule has 3 aromatic rings. The lowest BCUT2D eigenvalue weighted by atomic mass is 10.1. The minimum absolute atomic E-state index is 0.169. The Balaban J connectivity index is 1.47. The van der Waals surface area contributed by atoms with Crippen molar-refractivity contribution in [1.82, 2.24) is 10.4 Å². The topological polar surface area (TPSA) is 105 Å². The number of hydrogen-bond acceptors (Lipinski definition) is 5. The number of rotatable bonds is 6. The van der Waals surface area contributed by atoms with Crippen LogP contribution >= 0.6 is 0 Å². The summed E-state index contributed by atoms with van der Waals surface area (Å²) in [6, 6.07) is 19.3. The molecule has 4 rings (SSSR count). The molecule has 1 aliphatic rings. The van der Waals surface area contributed by atoms with Gasteiger partial charge in [-0.05, 0) is 55.5 Å². The third kappa shape index (κ3) is 4.06. The highest BCUT2D eigenvalue weighted by Crippen LogP contribution is 2.21. The molecule has 0 unspecified atom stereocenters. The van der Waals surface area contributed by atoms with Crippen molar-refractivity contribution in [2.24, 2.45) is 0 Å². The van der Waals surface area contributed by atoms with E-state index in [1.807, 2.05) is 6.92 Å². The van der Waals surface area contributed by atoms with Gasteiger partial charge in [0.05, 0.1) is 17.7 Å². The first kappa shape index (κ1) is 20.8. The highest BCUT2D eigenvalue weighted by Gasteiger charge is 2.36. The molecule has 1 aliphatic heterocycles. The number of amides is 4. The molecule has 8 nitrogen and oxygen atoms in total. The lowest BCUT2D eigenvalue weighted by Crippen LogP contribution is -2.45. The zero-order chi connectivity index (χ0) is 22.7. The molecule has 0 fully saturated rings. The SMILES string of the molecule is CCOc1cccc(C(=O)Nc2cccc(C(=O)NN3C(=O)c4ccccc4C3=O)c2)c1. The fraction of sp³-hybridized carbons (Fsp3) is 0.0833. The Bertz CT molecular complexity index is 1200. The predicted molar refractivity (Wildman–Crippen MR) is 116 cm³/mol. The third-order valence-electron chi connectivity index (χ3n) is 4.80. The summed E-state index contributed by atoms with van der Waals surface area (Å²) >= 11 is 0. The van der Waals surface area contributed by atoms with Gasteiger partial charge < -0.3 is 10.1 Å². The Morgan fingerprint density at radius 1 is 0.812 bits per heavy atom. The average Bonchev–Trinajstić information content (AvgIpc) is 3.04. The molecule has 3 aromatic carbocycles. The van der Waals surface area contributed by atoms with Gasteiger partial charge in [0, 0.05) is 16.8 Å². The van der Waals surface area contributed by atoms with Crippen LogP contribution < -0.4 is 15.5 Å². The standard InChI is InChI=1S/C24H19N3O5/c1-2-32-18-10-6-8-16(14-18)21(28)25-17-9-5-7-15(13-17)22(29)26-27-23(30)19-11-3-4-12-20(19)24(27)31/h3-14H,2H2,1H3,(H,25,28)(H,26,29). The Kier molecular flexibility index (Phi) is 5.67. The largest absolute Gasteiger partial charge is 0.494 e. The number of imide groups is 1. The number of fused-ring (bicyclic) bond motifs is 1. The number of hydrogen-bond donors (Lipinski definition) is 2. The molecule has 0 spiro atoms. The van der Waals surface area contributed by atoms with E-state index in [9.17, 15) is 19.2 Å². The fourth-order valence-corrected chi connectivity index (χ4v) is 3.29. The molecule has 0 radical (unpaired) electrons. The van der Waals surface area contributed by atoms with E-state index in [4.69, 9.17) is 4.74 Å². The molecule has 0 bridgehead atoms. The van der Waals surface area contributed by atoms with Crippen LogP contribution in [-0.2, 0) is 0 Å². The van der Waals surface area contributed by atoms with Crippen molar-refractivity contribution in [1.29, 1.82) is 0 Å². The van der Waals surface area contributed by atoms with Crippen LogP contribution in [-0.4, -0.2) is 35.2 Å². The maximum atomic E-state index is 12.7. The highest BCUT2D eigenvalue weighted by atomic mass is 16.5. The van der Waals surface area contributed by atoms with Crippen molar-refractivity contribution in [3.05, 3.63) is 95.1 Å². The summed E-state index contributed by atoms with van der Waals surface area (Å²) in [4.78, 5) is 50.1. The van der Waals surface area contributed by atoms with Gasteiger partial charge in [0.2, 0.25) is 0 Å². The Hall–Kier alpha value is -4.46. The van der Waals surface area contributed by atoms with Crippen molar-refractivity contribution in [2.75, 3.05) is 11.9 Å². The fourth-order valence-electron chi connectivity index (χ4n) is 3.29. The van der Waals surface area contributed by atoms with E-state index in [1.54, 1.807) is 48.5 Å². The summed E-state index contributed by atoms with van der Waals surface area (Å²) in [5.74, 6) is -1.65. The smallest absolute Gasteiger partial charge is 0.280 e. The zero-order valence-electron chi connectivity index (χ0n) is 17.1. The molecular formula is C24H19N3O5. The molecule has 0 saturated carbocycles. The number of ether oxygens (including phenoxy) is 1. The van der Waals surface area contributed by atoms with Crippen LogP contribution in [0.5, 0.6) is 5.75 Å². The third-order valence-corrected chi connectivity index (χ3v) is 4.80. The van der Waals surface area contributed by atoms with E-state index in [-0.39, 0.29) is 22.6 Å². The van der Waals surface area contributed by atoms with E-state index in [2.05, 4.69) is 10.7 Å². The number of anilines is 1. The van der Waals surface area contributed by atoms with E-state index >= 15 is 0 Å². The Morgan fingerprint density at radius 3 is 2.09 bits per heavy atom. The van der Waals surface area contributed by atoms with Gasteiger partial charge >= 0.3 is 0 Å². The van der Waals surface area contributed by atoms with Crippen molar-refractivity contribution >= 4 is 29.3 Å². The van der Waals surface area contributed by atoms with Crippen molar-refractivity contribution in [2.45, 2.75) is 6.92 Å². The van der Waals surface area contributed by atoms with Crippen molar-refractivity contribution < 1.29 is 23.9 Å². The molecule has 0 aromatic heterocycles. The van der Waals surface area contributed by atoms with E-state index in [1.165, 1.54) is 24.3 Å². The van der Waals surface area contributed by atoms with E-state index < -0.39 is 17.7 Å². The summed E-state index contributed by atoms with van der Waals surface area (Å²) < 4.78 is 5.41. The van der Waals surface area contributed by atoms with Gasteiger partial charge in [0.15, 0.2) is 0 Å². The van der Waals surface area contributed by atoms with Gasteiger partial charge in [-0.15, -0.1) is 0 Å². The van der Waals surface area contributed by atoms with Crippen LogP contribution in [0.3, 0.4) is 0 Å². The number of nitrogens with one attached hydrogen (secondary N) is 2. The molecule has 0 aliphatic carbocycles. The Labute approximate surface area is 183 Å². The van der Waals surface area contributed by atoms with Gasteiger partial charge in [0.1, 0.15) is 5.75 Å². The number of hydrazine groups is 1. The number of benzene rings is 3. The second-order valence-electron chi connectivity index (χ2n) is 6.93. The molecule has 32 heavy (non-hydrogen) atoms. The van der Waals surface area contributed by atoms with Crippen LogP contribution in [0.1, 0.15) is 48.4 Å². The normalized spacial score (nSPS) is 12.3. The molecule has 160 valence electrons. The van der Waals surface area contributed by atoms with Gasteiger partial charge in [-0.3, -0.25) is 24.6 Å². The number of carbonyl (C=O) groups is 4. The van der Waals surface area contributed by atoms with Crippen molar-refractivity contribution in [3.8, 4) is 5.75 Å². The summed E-state index contributed by atoms with van der Waals surface area (Å²) in [5, 5.41) is 3.42. The van der Waals surface area contributed by atoms with Crippen molar-refractivity contribution in [3.63, 3.8) is 0 Å². The van der Waals surface area contributed by atoms with Gasteiger partial charge in [-0.2, -0.15) is 5.01 Å². The zero-order valence-corrected chi connectivity index (χ0v) is 17.1. The minimum atomic E-state index is -0.658. The van der Waals surface area contributed by atoms with Crippen LogP contribution in [0.4, 0.5) is 5.69 Å². The summed E-state index contributed by atoms with van der Waals surface area (Å²) in [6.07, 6.45) is 0. The maximum absolute atomic E-state index is 12.7. The lowest BCUT2D eigenvalue weighted by molar-refractivity contribution is 0.0518. The number of carbonyl (C=O) groups excluding carboxylic acids is 4. The minimum Gasteiger partial charge on any atom is -0.494 e. The molecule has 2 N–H and O–H groups in total. The van der Waals surface area contributed by atoms with E-state index in [0.29, 0.717) is 28.6 Å². The van der Waals surface area contributed by atoms with Crippen LogP contribution in [0.25, 0.3) is 0 Å². The molecule has 0 atom stereocenters. The first-order valence-electron chi connectivity index (χ1n) is 9.91. The maximum Gasteiger partial charge on any atom is 0.280 e. The molecule has 0 saturated heterocycles. The molecule has 1 heterocycles. The second kappa shape index (κ2) is 8.73. The van der Waals surface area contributed by atoms with E-state index in [0.717, 1.165) is 0 Å². The summed E-state index contributed by atoms with van der Waals surface area (Å²) in [5.41, 5.74) is 3.75. The summed E-state index contributed by atoms with van der Waals surface area (Å²) in [7, 11) is 0. The monoisotopic (exact) mass is 429 g/mol. The van der Waals surface area contributed by atoms with Gasteiger partial charge in [-0.1, -0.05) is 24.3 Å². The first-order chi connectivity index (χ1) is 15.5. The average molecular weight is 429 g/mol. The van der Waals surface area contributed by atoms with Crippen LogP contribution in [0, 0.1) is 0 Å².